The molecule has 0 saturated heterocycles. The van der Waals surface area contributed by atoms with E-state index in [0.29, 0.717) is 11.3 Å². The van der Waals surface area contributed by atoms with Gasteiger partial charge in [0.2, 0.25) is 5.91 Å². The topological polar surface area (TPSA) is 72.2 Å². The van der Waals surface area contributed by atoms with Gasteiger partial charge in [-0.25, -0.2) is 0 Å². The molecule has 0 aliphatic heterocycles. The first kappa shape index (κ1) is 13.4. The summed E-state index contributed by atoms with van der Waals surface area (Å²) in [6.07, 6.45) is 0.183. The summed E-state index contributed by atoms with van der Waals surface area (Å²) in [5.74, 6) is -0.0278. The molecule has 0 aromatic heterocycles. The maximum atomic E-state index is 11.4. The largest absolute Gasteiger partial charge is 0.326 e. The molecule has 1 rings (SSSR count). The number of alkyl halides is 1. The molecule has 0 saturated carbocycles. The van der Waals surface area contributed by atoms with E-state index in [9.17, 15) is 14.9 Å². The lowest BCUT2D eigenvalue weighted by molar-refractivity contribution is -0.385. The van der Waals surface area contributed by atoms with Crippen molar-refractivity contribution >= 4 is 28.9 Å². The van der Waals surface area contributed by atoms with Crippen LogP contribution in [-0.2, 0) is 4.79 Å². The Hall–Kier alpha value is -1.62. The maximum Gasteiger partial charge on any atom is 0.274 e. The molecule has 92 valence electrons. The Labute approximate surface area is 104 Å². The van der Waals surface area contributed by atoms with Gasteiger partial charge in [-0.3, -0.25) is 14.9 Å². The number of nitrogens with zero attached hydrogens (tertiary/aromatic N) is 1. The summed E-state index contributed by atoms with van der Waals surface area (Å²) >= 11 is 5.44. The first-order valence-corrected chi connectivity index (χ1v) is 5.60. The number of nitro groups is 1. The lowest BCUT2D eigenvalue weighted by atomic mass is 10.1. The zero-order chi connectivity index (χ0) is 13.0. The van der Waals surface area contributed by atoms with E-state index in [4.69, 9.17) is 11.6 Å². The molecule has 0 aliphatic rings. The van der Waals surface area contributed by atoms with E-state index in [1.807, 2.05) is 0 Å². The number of carbonyl (C=O) groups excluding carboxylic acids is 1. The zero-order valence-corrected chi connectivity index (χ0v) is 10.4. The van der Waals surface area contributed by atoms with Gasteiger partial charge in [0.25, 0.3) is 5.69 Å². The molecule has 1 aromatic rings. The summed E-state index contributed by atoms with van der Waals surface area (Å²) in [4.78, 5) is 21.7. The highest BCUT2D eigenvalue weighted by molar-refractivity contribution is 6.19. The van der Waals surface area contributed by atoms with Crippen LogP contribution in [0.2, 0.25) is 0 Å². The number of carbonyl (C=O) groups is 1. The normalized spacial score (nSPS) is 10.1. The number of anilines is 1. The van der Waals surface area contributed by atoms with Gasteiger partial charge in [0.05, 0.1) is 10.6 Å². The maximum absolute atomic E-state index is 11.4. The minimum Gasteiger partial charge on any atom is -0.326 e. The average Bonchev–Trinajstić information content (AvgIpc) is 2.21. The summed E-state index contributed by atoms with van der Waals surface area (Å²) in [5, 5.41) is 13.4. The Balaban J connectivity index is 3.03. The van der Waals surface area contributed by atoms with Gasteiger partial charge < -0.3 is 5.32 Å². The van der Waals surface area contributed by atoms with Gasteiger partial charge in [-0.15, -0.1) is 11.6 Å². The first-order valence-electron chi connectivity index (χ1n) is 5.07. The van der Waals surface area contributed by atoms with Gasteiger partial charge in [-0.1, -0.05) is 0 Å². The number of rotatable bonds is 4. The standard InChI is InChI=1S/C11H13ClN2O3/c1-7-5-8(2)10(14(16)17)6-9(7)13-11(15)3-4-12/h5-6H,3-4H2,1-2H3,(H,13,15). The Morgan fingerprint density at radius 2 is 2.06 bits per heavy atom. The molecular formula is C11H13ClN2O3. The van der Waals surface area contributed by atoms with Crippen molar-refractivity contribution in [3.63, 3.8) is 0 Å². The SMILES string of the molecule is Cc1cc(C)c([N+](=O)[O-])cc1NC(=O)CCCl. The van der Waals surface area contributed by atoms with Crippen LogP contribution in [0, 0.1) is 24.0 Å². The first-order chi connectivity index (χ1) is 7.95. The summed E-state index contributed by atoms with van der Waals surface area (Å²) in [6, 6.07) is 3.05. The van der Waals surface area contributed by atoms with Crippen molar-refractivity contribution in [2.24, 2.45) is 0 Å². The van der Waals surface area contributed by atoms with E-state index in [1.165, 1.54) is 6.07 Å². The highest BCUT2D eigenvalue weighted by Gasteiger charge is 2.14. The highest BCUT2D eigenvalue weighted by atomic mass is 35.5. The number of benzene rings is 1. The molecule has 17 heavy (non-hydrogen) atoms. The third kappa shape index (κ3) is 3.42. The fourth-order valence-electron chi connectivity index (χ4n) is 1.47. The minimum atomic E-state index is -0.466. The molecule has 1 N–H and O–H groups in total. The second-order valence-electron chi connectivity index (χ2n) is 3.70. The Bertz CT molecular complexity index is 460. The van der Waals surface area contributed by atoms with Crippen molar-refractivity contribution in [3.8, 4) is 0 Å². The lowest BCUT2D eigenvalue weighted by Gasteiger charge is -2.09. The van der Waals surface area contributed by atoms with Crippen LogP contribution in [0.25, 0.3) is 0 Å². The molecule has 0 spiro atoms. The molecular weight excluding hydrogens is 244 g/mol. The van der Waals surface area contributed by atoms with Gasteiger partial charge in [-0.05, 0) is 25.5 Å². The number of halogens is 1. The van der Waals surface area contributed by atoms with Gasteiger partial charge in [0.1, 0.15) is 0 Å². The van der Waals surface area contributed by atoms with Crippen LogP contribution >= 0.6 is 11.6 Å². The zero-order valence-electron chi connectivity index (χ0n) is 9.62. The minimum absolute atomic E-state index is 0.00299. The Morgan fingerprint density at radius 1 is 1.41 bits per heavy atom. The Kier molecular flexibility index (Phi) is 4.45. The fraction of sp³-hybridized carbons (Fsp3) is 0.364. The summed E-state index contributed by atoms with van der Waals surface area (Å²) < 4.78 is 0. The van der Waals surface area contributed by atoms with Crippen LogP contribution in [0.1, 0.15) is 17.5 Å². The van der Waals surface area contributed by atoms with E-state index in [0.717, 1.165) is 5.56 Å². The van der Waals surface area contributed by atoms with Crippen molar-refractivity contribution in [2.75, 3.05) is 11.2 Å². The smallest absolute Gasteiger partial charge is 0.274 e. The van der Waals surface area contributed by atoms with Gasteiger partial charge >= 0.3 is 0 Å². The second-order valence-corrected chi connectivity index (χ2v) is 4.08. The second kappa shape index (κ2) is 5.63. The van der Waals surface area contributed by atoms with Crippen molar-refractivity contribution in [2.45, 2.75) is 20.3 Å². The number of amides is 1. The fourth-order valence-corrected chi connectivity index (χ4v) is 1.64. The van der Waals surface area contributed by atoms with Crippen LogP contribution in [0.5, 0.6) is 0 Å². The van der Waals surface area contributed by atoms with Gasteiger partial charge in [0.15, 0.2) is 0 Å². The molecule has 0 aliphatic carbocycles. The quantitative estimate of drug-likeness (QED) is 0.511. The van der Waals surface area contributed by atoms with Crippen LogP contribution in [0.4, 0.5) is 11.4 Å². The molecule has 0 atom stereocenters. The number of hydrogen-bond donors (Lipinski definition) is 1. The van der Waals surface area contributed by atoms with Crippen molar-refractivity contribution in [1.82, 2.24) is 0 Å². The summed E-state index contributed by atoms with van der Waals surface area (Å²) in [6.45, 7) is 3.45. The third-order valence-electron chi connectivity index (χ3n) is 2.34. The summed E-state index contributed by atoms with van der Waals surface area (Å²) in [7, 11) is 0. The van der Waals surface area contributed by atoms with Crippen molar-refractivity contribution in [1.29, 1.82) is 0 Å². The molecule has 0 bridgehead atoms. The van der Waals surface area contributed by atoms with Crippen molar-refractivity contribution in [3.05, 3.63) is 33.4 Å². The van der Waals surface area contributed by atoms with Crippen LogP contribution in [-0.4, -0.2) is 16.7 Å². The molecule has 0 radical (unpaired) electrons. The molecule has 0 heterocycles. The molecule has 0 fully saturated rings. The van der Waals surface area contributed by atoms with Crippen LogP contribution in [0.15, 0.2) is 12.1 Å². The van der Waals surface area contributed by atoms with E-state index >= 15 is 0 Å². The monoisotopic (exact) mass is 256 g/mol. The molecule has 0 unspecified atom stereocenters. The number of hydrogen-bond acceptors (Lipinski definition) is 3. The molecule has 6 heteroatoms. The van der Waals surface area contributed by atoms with Gasteiger partial charge in [-0.2, -0.15) is 0 Å². The molecule has 5 nitrogen and oxygen atoms in total. The third-order valence-corrected chi connectivity index (χ3v) is 2.52. The van der Waals surface area contributed by atoms with E-state index in [1.54, 1.807) is 19.9 Å². The van der Waals surface area contributed by atoms with E-state index in [-0.39, 0.29) is 23.9 Å². The Morgan fingerprint density at radius 3 is 2.59 bits per heavy atom. The predicted molar refractivity (Wildman–Crippen MR) is 66.5 cm³/mol. The average molecular weight is 257 g/mol. The van der Waals surface area contributed by atoms with E-state index in [2.05, 4.69) is 5.32 Å². The van der Waals surface area contributed by atoms with E-state index < -0.39 is 4.92 Å². The highest BCUT2D eigenvalue weighted by Crippen LogP contribution is 2.26. The molecule has 1 aromatic carbocycles. The lowest BCUT2D eigenvalue weighted by Crippen LogP contribution is -2.13. The van der Waals surface area contributed by atoms with Gasteiger partial charge in [0, 0.05) is 23.9 Å². The number of nitro benzene ring substituents is 1. The van der Waals surface area contributed by atoms with Crippen LogP contribution < -0.4 is 5.32 Å². The summed E-state index contributed by atoms with van der Waals surface area (Å²) in [5.41, 5.74) is 1.81. The number of aryl methyl sites for hydroxylation is 2. The molecule has 1 amide bonds. The van der Waals surface area contributed by atoms with Crippen molar-refractivity contribution < 1.29 is 9.72 Å². The van der Waals surface area contributed by atoms with Crippen LogP contribution in [0.3, 0.4) is 0 Å². The predicted octanol–water partition coefficient (Wildman–Crippen LogP) is 2.78. The number of nitrogens with one attached hydrogen (secondary N) is 1.